The molecule has 0 unspecified atom stereocenters. The lowest BCUT2D eigenvalue weighted by Gasteiger charge is -2.13. The van der Waals surface area contributed by atoms with Gasteiger partial charge in [0.25, 0.3) is 0 Å². The fourth-order valence-electron chi connectivity index (χ4n) is 1.56. The van der Waals surface area contributed by atoms with Crippen LogP contribution in [0.4, 0.5) is 0 Å². The monoisotopic (exact) mass is 421 g/mol. The Morgan fingerprint density at radius 1 is 1.41 bits per heavy atom. The van der Waals surface area contributed by atoms with Gasteiger partial charge in [-0.2, -0.15) is 13.7 Å². The molecule has 0 spiro atoms. The van der Waals surface area contributed by atoms with Crippen LogP contribution < -0.4 is 8.92 Å². The van der Waals surface area contributed by atoms with Crippen LogP contribution in [0.15, 0.2) is 32.9 Å². The summed E-state index contributed by atoms with van der Waals surface area (Å²) in [5, 5.41) is 8.96. The number of ether oxygens (including phenoxy) is 1. The molecule has 2 rings (SSSR count). The van der Waals surface area contributed by atoms with E-state index < -0.39 is 10.1 Å². The van der Waals surface area contributed by atoms with Crippen LogP contribution in [-0.2, 0) is 10.1 Å². The third kappa shape index (κ3) is 3.73. The summed E-state index contributed by atoms with van der Waals surface area (Å²) in [5.74, 6) is 0.157. The molecule has 0 aliphatic rings. The van der Waals surface area contributed by atoms with Crippen LogP contribution in [0.25, 0.3) is 0 Å². The zero-order valence-corrected chi connectivity index (χ0v) is 15.1. The summed E-state index contributed by atoms with van der Waals surface area (Å²) in [4.78, 5) is 0. The minimum atomic E-state index is -4.03. The smallest absolute Gasteiger partial charge is 0.349 e. The second-order valence-corrected chi connectivity index (χ2v) is 8.27. The van der Waals surface area contributed by atoms with Crippen molar-refractivity contribution < 1.29 is 17.3 Å². The first kappa shape index (κ1) is 17.1. The van der Waals surface area contributed by atoms with Gasteiger partial charge in [-0.15, -0.1) is 11.3 Å². The van der Waals surface area contributed by atoms with Gasteiger partial charge in [0.15, 0.2) is 15.7 Å². The molecule has 0 fully saturated rings. The Hall–Kier alpha value is -1.27. The van der Waals surface area contributed by atoms with Crippen molar-refractivity contribution in [3.8, 4) is 17.6 Å². The average molecular weight is 423 g/mol. The Kier molecular flexibility index (Phi) is 5.34. The van der Waals surface area contributed by atoms with Gasteiger partial charge >= 0.3 is 10.1 Å². The number of hydrogen-bond donors (Lipinski definition) is 0. The molecule has 116 valence electrons. The van der Waals surface area contributed by atoms with E-state index in [1.165, 1.54) is 24.3 Å². The molecule has 0 amide bonds. The van der Waals surface area contributed by atoms with E-state index in [2.05, 4.69) is 15.9 Å². The summed E-state index contributed by atoms with van der Waals surface area (Å²) < 4.78 is 35.7. The minimum absolute atomic E-state index is 0.00891. The number of thiophene rings is 1. The van der Waals surface area contributed by atoms with Crippen LogP contribution in [0, 0.1) is 11.3 Å². The molecule has 0 aliphatic heterocycles. The van der Waals surface area contributed by atoms with E-state index in [1.54, 1.807) is 6.92 Å². The van der Waals surface area contributed by atoms with Gasteiger partial charge in [0.05, 0.1) is 27.0 Å². The zero-order valence-electron chi connectivity index (χ0n) is 11.2. The number of rotatable bonds is 5. The number of benzene rings is 1. The van der Waals surface area contributed by atoms with Gasteiger partial charge in [0.2, 0.25) is 0 Å². The first-order valence-electron chi connectivity index (χ1n) is 5.93. The van der Waals surface area contributed by atoms with Crippen molar-refractivity contribution >= 4 is 49.0 Å². The standard InChI is InChI=1S/C13H9BrClNO4S2/c1-2-19-10-6-8(7-16)5-9(14)13(10)20-22(17,18)12-4-3-11(15)21-12/h3-6H,2H2,1H3. The van der Waals surface area contributed by atoms with Gasteiger partial charge in [-0.05, 0) is 41.1 Å². The molecule has 1 heterocycles. The molecule has 1 aromatic carbocycles. The highest BCUT2D eigenvalue weighted by atomic mass is 79.9. The summed E-state index contributed by atoms with van der Waals surface area (Å²) in [6, 6.07) is 7.66. The molecule has 0 atom stereocenters. The second-order valence-electron chi connectivity index (χ2n) is 3.93. The van der Waals surface area contributed by atoms with Crippen LogP contribution in [0.5, 0.6) is 11.5 Å². The highest BCUT2D eigenvalue weighted by Crippen LogP contribution is 2.39. The molecule has 0 bridgehead atoms. The molecule has 0 aliphatic carbocycles. The number of hydrogen-bond acceptors (Lipinski definition) is 6. The molecule has 22 heavy (non-hydrogen) atoms. The molecule has 0 radical (unpaired) electrons. The highest BCUT2D eigenvalue weighted by Gasteiger charge is 2.23. The van der Waals surface area contributed by atoms with E-state index in [0.717, 1.165) is 11.3 Å². The summed E-state index contributed by atoms with van der Waals surface area (Å²) in [7, 11) is -4.03. The molecule has 2 aromatic rings. The topological polar surface area (TPSA) is 76.4 Å². The predicted molar refractivity (Wildman–Crippen MR) is 87.2 cm³/mol. The van der Waals surface area contributed by atoms with Crippen LogP contribution in [-0.4, -0.2) is 15.0 Å². The minimum Gasteiger partial charge on any atom is -0.490 e. The second kappa shape index (κ2) is 6.87. The first-order valence-corrected chi connectivity index (χ1v) is 9.33. The van der Waals surface area contributed by atoms with Gasteiger partial charge in [0, 0.05) is 6.07 Å². The molecule has 1 aromatic heterocycles. The Morgan fingerprint density at radius 3 is 2.68 bits per heavy atom. The Morgan fingerprint density at radius 2 is 2.14 bits per heavy atom. The molecule has 0 saturated heterocycles. The van der Waals surface area contributed by atoms with Gasteiger partial charge in [-0.3, -0.25) is 0 Å². The van der Waals surface area contributed by atoms with Crippen LogP contribution >= 0.6 is 38.9 Å². The first-order chi connectivity index (χ1) is 10.4. The van der Waals surface area contributed by atoms with E-state index in [-0.39, 0.29) is 15.7 Å². The number of halogens is 2. The molecular weight excluding hydrogens is 414 g/mol. The SMILES string of the molecule is CCOc1cc(C#N)cc(Br)c1OS(=O)(=O)c1ccc(Cl)s1. The zero-order chi connectivity index (χ0) is 16.3. The molecule has 5 nitrogen and oxygen atoms in total. The Labute approximate surface area is 145 Å². The Bertz CT molecular complexity index is 842. The third-order valence-electron chi connectivity index (χ3n) is 2.43. The van der Waals surface area contributed by atoms with Gasteiger partial charge in [-0.25, -0.2) is 0 Å². The quantitative estimate of drug-likeness (QED) is 0.675. The van der Waals surface area contributed by atoms with E-state index in [1.807, 2.05) is 6.07 Å². The summed E-state index contributed by atoms with van der Waals surface area (Å²) in [6.07, 6.45) is 0. The van der Waals surface area contributed by atoms with Crippen molar-refractivity contribution in [1.82, 2.24) is 0 Å². The van der Waals surface area contributed by atoms with Gasteiger partial charge in [0.1, 0.15) is 0 Å². The van der Waals surface area contributed by atoms with Crippen molar-refractivity contribution in [1.29, 1.82) is 5.26 Å². The van der Waals surface area contributed by atoms with Crippen molar-refractivity contribution in [2.24, 2.45) is 0 Å². The fourth-order valence-corrected chi connectivity index (χ4v) is 4.59. The van der Waals surface area contributed by atoms with E-state index in [4.69, 9.17) is 25.8 Å². The van der Waals surface area contributed by atoms with E-state index >= 15 is 0 Å². The maximum absolute atomic E-state index is 12.3. The predicted octanol–water partition coefficient (Wildman–Crippen LogP) is 4.20. The van der Waals surface area contributed by atoms with Crippen molar-refractivity contribution in [2.45, 2.75) is 11.1 Å². The molecular formula is C13H9BrClNO4S2. The summed E-state index contributed by atoms with van der Waals surface area (Å²) in [6.45, 7) is 2.03. The summed E-state index contributed by atoms with van der Waals surface area (Å²) in [5.41, 5.74) is 0.319. The lowest BCUT2D eigenvalue weighted by molar-refractivity contribution is 0.327. The summed E-state index contributed by atoms with van der Waals surface area (Å²) >= 11 is 9.84. The number of nitrogens with zero attached hydrogens (tertiary/aromatic N) is 1. The van der Waals surface area contributed by atoms with E-state index in [9.17, 15) is 8.42 Å². The Balaban J connectivity index is 2.47. The maximum Gasteiger partial charge on any atom is 0.349 e. The maximum atomic E-state index is 12.3. The lowest BCUT2D eigenvalue weighted by Crippen LogP contribution is -2.10. The largest absolute Gasteiger partial charge is 0.490 e. The normalized spacial score (nSPS) is 11.0. The van der Waals surface area contributed by atoms with Crippen LogP contribution in [0.2, 0.25) is 4.34 Å². The molecule has 0 saturated carbocycles. The van der Waals surface area contributed by atoms with Crippen LogP contribution in [0.3, 0.4) is 0 Å². The van der Waals surface area contributed by atoms with Crippen LogP contribution in [0.1, 0.15) is 12.5 Å². The van der Waals surface area contributed by atoms with Crippen molar-refractivity contribution in [2.75, 3.05) is 6.61 Å². The van der Waals surface area contributed by atoms with Crippen molar-refractivity contribution in [3.05, 3.63) is 38.6 Å². The van der Waals surface area contributed by atoms with Crippen molar-refractivity contribution in [3.63, 3.8) is 0 Å². The third-order valence-corrected chi connectivity index (χ3v) is 5.92. The average Bonchev–Trinajstić information content (AvgIpc) is 2.90. The van der Waals surface area contributed by atoms with E-state index in [0.29, 0.717) is 21.0 Å². The number of nitriles is 1. The lowest BCUT2D eigenvalue weighted by atomic mass is 10.2. The van der Waals surface area contributed by atoms with Gasteiger partial charge < -0.3 is 8.92 Å². The highest BCUT2D eigenvalue weighted by molar-refractivity contribution is 9.10. The fraction of sp³-hybridized carbons (Fsp3) is 0.154. The molecule has 9 heteroatoms. The molecule has 0 N–H and O–H groups in total. The van der Waals surface area contributed by atoms with Gasteiger partial charge in [-0.1, -0.05) is 11.6 Å².